The lowest BCUT2D eigenvalue weighted by molar-refractivity contribution is -0.123. The standard InChI is InChI=1S/C29H32FN3O4/c1-32-12-14-33(15-13-32)18-23-16-22(21-6-9-24(30)10-7-21)8-11-26(23)36-20-29(34)31-17-25-19-35-27-4-2-3-5-28(27)37-25/h2-11,16,25H,12-15,17-20H2,1H3,(H,31,34)/t25-/m1/s1. The van der Waals surface area contributed by atoms with Gasteiger partial charge in [-0.2, -0.15) is 0 Å². The smallest absolute Gasteiger partial charge is 0.258 e. The number of benzene rings is 3. The summed E-state index contributed by atoms with van der Waals surface area (Å²) in [6, 6.07) is 19.9. The molecule has 0 saturated carbocycles. The van der Waals surface area contributed by atoms with Crippen molar-refractivity contribution in [1.82, 2.24) is 15.1 Å². The number of hydrogen-bond donors (Lipinski definition) is 1. The summed E-state index contributed by atoms with van der Waals surface area (Å²) in [6.07, 6.45) is -0.262. The van der Waals surface area contributed by atoms with Crippen molar-refractivity contribution >= 4 is 5.91 Å². The third kappa shape index (κ3) is 6.58. The van der Waals surface area contributed by atoms with Gasteiger partial charge in [-0.15, -0.1) is 0 Å². The van der Waals surface area contributed by atoms with Crippen LogP contribution < -0.4 is 19.5 Å². The summed E-state index contributed by atoms with van der Waals surface area (Å²) >= 11 is 0. The summed E-state index contributed by atoms with van der Waals surface area (Å²) in [5.74, 6) is 1.58. The number of nitrogens with zero attached hydrogens (tertiary/aromatic N) is 2. The first-order valence-electron chi connectivity index (χ1n) is 12.6. The van der Waals surface area contributed by atoms with Gasteiger partial charge >= 0.3 is 0 Å². The van der Waals surface area contributed by atoms with Crippen LogP contribution in [0.3, 0.4) is 0 Å². The number of likely N-dealkylation sites (N-methyl/N-ethyl adjacent to an activating group) is 1. The number of carbonyl (C=O) groups excluding carboxylic acids is 1. The van der Waals surface area contributed by atoms with Crippen LogP contribution in [0.1, 0.15) is 5.56 Å². The fourth-order valence-electron chi connectivity index (χ4n) is 4.50. The lowest BCUT2D eigenvalue weighted by Crippen LogP contribution is -2.44. The largest absolute Gasteiger partial charge is 0.486 e. The topological polar surface area (TPSA) is 63.3 Å². The molecule has 2 aliphatic heterocycles. The molecule has 0 spiro atoms. The molecular formula is C29H32FN3O4. The summed E-state index contributed by atoms with van der Waals surface area (Å²) in [5.41, 5.74) is 2.91. The molecule has 8 heteroatoms. The second-order valence-corrected chi connectivity index (χ2v) is 9.50. The van der Waals surface area contributed by atoms with Crippen LogP contribution in [0, 0.1) is 5.82 Å². The van der Waals surface area contributed by atoms with Crippen molar-refractivity contribution in [2.75, 3.05) is 53.0 Å². The van der Waals surface area contributed by atoms with E-state index in [0.29, 0.717) is 36.9 Å². The average Bonchev–Trinajstić information content (AvgIpc) is 2.92. The number of carbonyl (C=O) groups is 1. The quantitative estimate of drug-likeness (QED) is 0.505. The van der Waals surface area contributed by atoms with Crippen LogP contribution in [0.2, 0.25) is 0 Å². The predicted octanol–water partition coefficient (Wildman–Crippen LogP) is 3.58. The minimum atomic E-state index is -0.262. The molecule has 37 heavy (non-hydrogen) atoms. The first kappa shape index (κ1) is 25.0. The molecule has 2 aliphatic rings. The summed E-state index contributed by atoms with van der Waals surface area (Å²) in [5, 5.41) is 2.88. The minimum absolute atomic E-state index is 0.101. The molecule has 3 aromatic rings. The molecule has 0 radical (unpaired) electrons. The Morgan fingerprint density at radius 3 is 2.51 bits per heavy atom. The zero-order chi connectivity index (χ0) is 25.6. The number of halogens is 1. The van der Waals surface area contributed by atoms with Gasteiger partial charge in [0.2, 0.25) is 0 Å². The highest BCUT2D eigenvalue weighted by Gasteiger charge is 2.21. The van der Waals surface area contributed by atoms with E-state index in [4.69, 9.17) is 14.2 Å². The van der Waals surface area contributed by atoms with Crippen molar-refractivity contribution < 1.29 is 23.4 Å². The molecule has 2 heterocycles. The van der Waals surface area contributed by atoms with E-state index in [2.05, 4.69) is 28.2 Å². The molecule has 1 amide bonds. The maximum Gasteiger partial charge on any atom is 0.258 e. The van der Waals surface area contributed by atoms with Gasteiger partial charge in [0.05, 0.1) is 6.54 Å². The van der Waals surface area contributed by atoms with E-state index >= 15 is 0 Å². The van der Waals surface area contributed by atoms with Crippen molar-refractivity contribution in [3.8, 4) is 28.4 Å². The second-order valence-electron chi connectivity index (χ2n) is 9.50. The van der Waals surface area contributed by atoms with Gasteiger partial charge in [-0.05, 0) is 54.6 Å². The van der Waals surface area contributed by atoms with Gasteiger partial charge in [0, 0.05) is 38.3 Å². The summed E-state index contributed by atoms with van der Waals surface area (Å²) in [4.78, 5) is 17.3. The molecular weight excluding hydrogens is 473 g/mol. The highest BCUT2D eigenvalue weighted by atomic mass is 19.1. The normalized spacial score (nSPS) is 17.8. The van der Waals surface area contributed by atoms with Crippen LogP contribution in [0.4, 0.5) is 4.39 Å². The molecule has 7 nitrogen and oxygen atoms in total. The maximum atomic E-state index is 13.4. The van der Waals surface area contributed by atoms with Crippen LogP contribution in [-0.4, -0.2) is 74.8 Å². The second kappa shape index (κ2) is 11.6. The van der Waals surface area contributed by atoms with Crippen molar-refractivity contribution in [2.45, 2.75) is 12.6 Å². The zero-order valence-electron chi connectivity index (χ0n) is 21.0. The number of para-hydroxylation sites is 2. The molecule has 0 unspecified atom stereocenters. The number of piperazine rings is 1. The highest BCUT2D eigenvalue weighted by molar-refractivity contribution is 5.77. The molecule has 1 fully saturated rings. The fourth-order valence-corrected chi connectivity index (χ4v) is 4.50. The Hall–Kier alpha value is -3.62. The van der Waals surface area contributed by atoms with Crippen LogP contribution in [-0.2, 0) is 11.3 Å². The van der Waals surface area contributed by atoms with E-state index in [9.17, 15) is 9.18 Å². The Labute approximate surface area is 216 Å². The van der Waals surface area contributed by atoms with Gasteiger partial charge < -0.3 is 24.4 Å². The fraction of sp³-hybridized carbons (Fsp3) is 0.345. The van der Waals surface area contributed by atoms with E-state index in [1.54, 1.807) is 12.1 Å². The van der Waals surface area contributed by atoms with Gasteiger partial charge in [-0.25, -0.2) is 4.39 Å². The molecule has 1 N–H and O–H groups in total. The van der Waals surface area contributed by atoms with Crippen LogP contribution in [0.5, 0.6) is 17.2 Å². The van der Waals surface area contributed by atoms with E-state index < -0.39 is 0 Å². The Kier molecular flexibility index (Phi) is 7.87. The third-order valence-electron chi connectivity index (χ3n) is 6.68. The molecule has 1 saturated heterocycles. The van der Waals surface area contributed by atoms with Crippen molar-refractivity contribution in [2.24, 2.45) is 0 Å². The SMILES string of the molecule is CN1CCN(Cc2cc(-c3ccc(F)cc3)ccc2OCC(=O)NC[C@@H]2COc3ccccc3O2)CC1. The Morgan fingerprint density at radius 2 is 1.73 bits per heavy atom. The van der Waals surface area contributed by atoms with Crippen LogP contribution in [0.15, 0.2) is 66.7 Å². The number of fused-ring (bicyclic) bond motifs is 1. The predicted molar refractivity (Wildman–Crippen MR) is 139 cm³/mol. The number of rotatable bonds is 8. The molecule has 1 atom stereocenters. The van der Waals surface area contributed by atoms with Crippen molar-refractivity contribution in [3.63, 3.8) is 0 Å². The van der Waals surface area contributed by atoms with Gasteiger partial charge in [-0.1, -0.05) is 30.3 Å². The van der Waals surface area contributed by atoms with Gasteiger partial charge in [0.25, 0.3) is 5.91 Å². The van der Waals surface area contributed by atoms with Gasteiger partial charge in [0.15, 0.2) is 18.1 Å². The average molecular weight is 506 g/mol. The molecule has 5 rings (SSSR count). The molecule has 0 aromatic heterocycles. The summed E-state index contributed by atoms with van der Waals surface area (Å²) < 4.78 is 31.0. The molecule has 0 bridgehead atoms. The Bertz CT molecular complexity index is 1210. The van der Waals surface area contributed by atoms with Gasteiger partial charge in [-0.3, -0.25) is 9.69 Å². The van der Waals surface area contributed by atoms with Crippen molar-refractivity contribution in [3.05, 3.63) is 78.1 Å². The van der Waals surface area contributed by atoms with E-state index in [1.165, 1.54) is 12.1 Å². The van der Waals surface area contributed by atoms with E-state index in [0.717, 1.165) is 42.9 Å². The zero-order valence-corrected chi connectivity index (χ0v) is 21.0. The first-order chi connectivity index (χ1) is 18.0. The number of nitrogens with one attached hydrogen (secondary N) is 1. The Balaban J connectivity index is 1.21. The van der Waals surface area contributed by atoms with Crippen LogP contribution >= 0.6 is 0 Å². The molecule has 194 valence electrons. The highest BCUT2D eigenvalue weighted by Crippen LogP contribution is 2.31. The lowest BCUT2D eigenvalue weighted by Gasteiger charge is -2.32. The maximum absolute atomic E-state index is 13.4. The third-order valence-corrected chi connectivity index (χ3v) is 6.68. The molecule has 3 aromatic carbocycles. The number of ether oxygens (including phenoxy) is 3. The molecule has 0 aliphatic carbocycles. The van der Waals surface area contributed by atoms with E-state index in [-0.39, 0.29) is 24.4 Å². The lowest BCUT2D eigenvalue weighted by atomic mass is 10.0. The summed E-state index contributed by atoms with van der Waals surface area (Å²) in [6.45, 7) is 5.25. The van der Waals surface area contributed by atoms with Gasteiger partial charge in [0.1, 0.15) is 24.3 Å². The Morgan fingerprint density at radius 1 is 1.00 bits per heavy atom. The van der Waals surface area contributed by atoms with Crippen molar-refractivity contribution in [1.29, 1.82) is 0 Å². The number of hydrogen-bond acceptors (Lipinski definition) is 6. The first-order valence-corrected chi connectivity index (χ1v) is 12.6. The minimum Gasteiger partial charge on any atom is -0.486 e. The van der Waals surface area contributed by atoms with Crippen LogP contribution in [0.25, 0.3) is 11.1 Å². The van der Waals surface area contributed by atoms with E-state index in [1.807, 2.05) is 36.4 Å². The number of amides is 1. The monoisotopic (exact) mass is 505 g/mol. The summed E-state index contributed by atoms with van der Waals surface area (Å²) in [7, 11) is 2.13.